The summed E-state index contributed by atoms with van der Waals surface area (Å²) in [5, 5.41) is 8.76. The fraction of sp³-hybridized carbons (Fsp3) is 0.500. The van der Waals surface area contributed by atoms with E-state index in [4.69, 9.17) is 21.4 Å². The predicted octanol–water partition coefficient (Wildman–Crippen LogP) is 2.83. The fourth-order valence-electron chi connectivity index (χ4n) is 2.11. The van der Waals surface area contributed by atoms with E-state index < -0.39 is 16.0 Å². The van der Waals surface area contributed by atoms with Gasteiger partial charge < -0.3 is 9.84 Å². The van der Waals surface area contributed by atoms with Crippen molar-refractivity contribution < 1.29 is 27.9 Å². The molecule has 1 aromatic rings. The Morgan fingerprint density at radius 2 is 1.88 bits per heavy atom. The van der Waals surface area contributed by atoms with Crippen LogP contribution in [0.1, 0.15) is 49.4 Å². The van der Waals surface area contributed by atoms with E-state index in [-0.39, 0.29) is 28.0 Å². The van der Waals surface area contributed by atoms with Gasteiger partial charge in [0.2, 0.25) is 10.0 Å². The summed E-state index contributed by atoms with van der Waals surface area (Å²) >= 11 is 5.79. The number of carboxylic acids is 1. The largest absolute Gasteiger partial charge is 0.478 e. The summed E-state index contributed by atoms with van der Waals surface area (Å²) in [6.45, 7) is 2.38. The summed E-state index contributed by atoms with van der Waals surface area (Å²) in [6.07, 6.45) is 3.29. The molecule has 0 atom stereocenters. The van der Waals surface area contributed by atoms with Crippen molar-refractivity contribution in [2.75, 3.05) is 13.2 Å². The van der Waals surface area contributed by atoms with Crippen LogP contribution in [0.5, 0.6) is 0 Å². The molecule has 1 aromatic carbocycles. The molecule has 0 saturated carbocycles. The average Bonchev–Trinajstić information content (AvgIpc) is 2.53. The Hall–Kier alpha value is -1.64. The zero-order chi connectivity index (χ0) is 18.9. The van der Waals surface area contributed by atoms with Crippen LogP contribution in [0, 0.1) is 0 Å². The van der Waals surface area contributed by atoms with Crippen molar-refractivity contribution in [3.63, 3.8) is 0 Å². The average molecular weight is 392 g/mol. The Balaban J connectivity index is 2.38. The minimum absolute atomic E-state index is 0.0789. The third-order valence-corrected chi connectivity index (χ3v) is 5.16. The number of aromatic carboxylic acids is 1. The molecular weight excluding hydrogens is 370 g/mol. The van der Waals surface area contributed by atoms with Crippen LogP contribution in [0.2, 0.25) is 5.02 Å². The highest BCUT2D eigenvalue weighted by molar-refractivity contribution is 7.89. The maximum atomic E-state index is 12.1. The van der Waals surface area contributed by atoms with Crippen LogP contribution in [-0.4, -0.2) is 38.6 Å². The molecule has 140 valence electrons. The third kappa shape index (κ3) is 7.41. The summed E-state index contributed by atoms with van der Waals surface area (Å²) in [5.41, 5.74) is -0.151. The number of hydrogen-bond acceptors (Lipinski definition) is 5. The van der Waals surface area contributed by atoms with Gasteiger partial charge in [0.05, 0.1) is 22.1 Å². The van der Waals surface area contributed by atoms with Crippen LogP contribution in [0.3, 0.4) is 0 Å². The van der Waals surface area contributed by atoms with Gasteiger partial charge in [-0.05, 0) is 38.0 Å². The maximum absolute atomic E-state index is 12.1. The second-order valence-electron chi connectivity index (χ2n) is 5.31. The van der Waals surface area contributed by atoms with E-state index in [1.54, 1.807) is 6.92 Å². The normalized spacial score (nSPS) is 11.3. The van der Waals surface area contributed by atoms with Gasteiger partial charge in [0, 0.05) is 13.0 Å². The number of rotatable bonds is 11. The van der Waals surface area contributed by atoms with Crippen LogP contribution in [0.25, 0.3) is 0 Å². The van der Waals surface area contributed by atoms with Gasteiger partial charge in [-0.1, -0.05) is 24.4 Å². The first-order valence-electron chi connectivity index (χ1n) is 7.96. The number of halogens is 1. The first-order chi connectivity index (χ1) is 11.8. The van der Waals surface area contributed by atoms with Gasteiger partial charge in [-0.25, -0.2) is 17.9 Å². The number of hydrogen-bond donors (Lipinski definition) is 2. The minimum atomic E-state index is -3.74. The van der Waals surface area contributed by atoms with Gasteiger partial charge in [-0.2, -0.15) is 0 Å². The lowest BCUT2D eigenvalue weighted by Crippen LogP contribution is -2.25. The number of sulfonamides is 1. The molecular formula is C16H22ClNO6S. The van der Waals surface area contributed by atoms with Crippen LogP contribution in [0.4, 0.5) is 0 Å². The molecule has 0 spiro atoms. The fourth-order valence-corrected chi connectivity index (χ4v) is 3.53. The van der Waals surface area contributed by atoms with Crippen molar-refractivity contribution in [2.45, 2.75) is 43.9 Å². The van der Waals surface area contributed by atoms with Crippen molar-refractivity contribution in [2.24, 2.45) is 0 Å². The van der Waals surface area contributed by atoms with Gasteiger partial charge in [-0.15, -0.1) is 0 Å². The van der Waals surface area contributed by atoms with Gasteiger partial charge in [0.25, 0.3) is 0 Å². The monoisotopic (exact) mass is 391 g/mol. The van der Waals surface area contributed by atoms with Gasteiger partial charge in [-0.3, -0.25) is 4.79 Å². The Morgan fingerprint density at radius 1 is 1.20 bits per heavy atom. The van der Waals surface area contributed by atoms with Crippen molar-refractivity contribution in [1.29, 1.82) is 0 Å². The van der Waals surface area contributed by atoms with E-state index >= 15 is 0 Å². The third-order valence-electron chi connectivity index (χ3n) is 3.39. The number of unbranched alkanes of at least 4 members (excludes halogenated alkanes) is 3. The molecule has 0 unspecified atom stereocenters. The second-order valence-corrected chi connectivity index (χ2v) is 7.49. The first kappa shape index (κ1) is 21.4. The van der Waals surface area contributed by atoms with E-state index in [1.165, 1.54) is 6.07 Å². The van der Waals surface area contributed by atoms with Crippen LogP contribution in [0.15, 0.2) is 23.1 Å². The molecule has 25 heavy (non-hydrogen) atoms. The highest BCUT2D eigenvalue weighted by Gasteiger charge is 2.17. The molecule has 0 aliphatic rings. The lowest BCUT2D eigenvalue weighted by molar-refractivity contribution is -0.143. The van der Waals surface area contributed by atoms with Crippen molar-refractivity contribution in [1.82, 2.24) is 4.72 Å². The molecule has 0 bridgehead atoms. The number of esters is 1. The zero-order valence-electron chi connectivity index (χ0n) is 14.0. The molecule has 0 heterocycles. The van der Waals surface area contributed by atoms with Crippen LogP contribution >= 0.6 is 11.6 Å². The topological polar surface area (TPSA) is 110 Å². The zero-order valence-corrected chi connectivity index (χ0v) is 15.5. The summed E-state index contributed by atoms with van der Waals surface area (Å²) < 4.78 is 31.5. The van der Waals surface area contributed by atoms with Crippen LogP contribution < -0.4 is 4.72 Å². The summed E-state index contributed by atoms with van der Waals surface area (Å²) in [7, 11) is -3.74. The standard InChI is InChI=1S/C16H22ClNO6S/c1-2-24-15(19)7-5-3-4-6-10-18-25(22,23)12-8-9-13(16(20)21)14(17)11-12/h8-9,11,18H,2-7,10H2,1H3,(H,20,21). The molecule has 0 aliphatic heterocycles. The summed E-state index contributed by atoms with van der Waals surface area (Å²) in [5.74, 6) is -1.44. The number of nitrogens with one attached hydrogen (secondary N) is 1. The highest BCUT2D eigenvalue weighted by atomic mass is 35.5. The number of carboxylic acid groups (broad SMARTS) is 1. The lowest BCUT2D eigenvalue weighted by Gasteiger charge is -2.08. The maximum Gasteiger partial charge on any atom is 0.337 e. The summed E-state index contributed by atoms with van der Waals surface area (Å²) in [6, 6.07) is 3.48. The molecule has 7 nitrogen and oxygen atoms in total. The number of carbonyl (C=O) groups excluding carboxylic acids is 1. The highest BCUT2D eigenvalue weighted by Crippen LogP contribution is 2.20. The minimum Gasteiger partial charge on any atom is -0.478 e. The molecule has 0 radical (unpaired) electrons. The molecule has 0 fully saturated rings. The van der Waals surface area contributed by atoms with Gasteiger partial charge in [0.15, 0.2) is 0 Å². The Kier molecular flexibility index (Phi) is 8.88. The van der Waals surface area contributed by atoms with E-state index in [0.717, 1.165) is 25.0 Å². The van der Waals surface area contributed by atoms with Crippen molar-refractivity contribution in [3.05, 3.63) is 28.8 Å². The summed E-state index contributed by atoms with van der Waals surface area (Å²) in [4.78, 5) is 22.0. The number of ether oxygens (including phenoxy) is 1. The van der Waals surface area contributed by atoms with Crippen LogP contribution in [-0.2, 0) is 19.6 Å². The number of carbonyl (C=O) groups is 2. The first-order valence-corrected chi connectivity index (χ1v) is 9.82. The Bertz CT molecular complexity index is 705. The van der Waals surface area contributed by atoms with Crippen molar-refractivity contribution in [3.8, 4) is 0 Å². The van der Waals surface area contributed by atoms with Gasteiger partial charge >= 0.3 is 11.9 Å². The molecule has 1 rings (SSSR count). The Morgan fingerprint density at radius 3 is 2.48 bits per heavy atom. The number of benzene rings is 1. The molecule has 0 aromatic heterocycles. The molecule has 0 saturated heterocycles. The Labute approximate surface area is 152 Å². The molecule has 9 heteroatoms. The van der Waals surface area contributed by atoms with E-state index in [1.807, 2.05) is 0 Å². The predicted molar refractivity (Wildman–Crippen MR) is 93.3 cm³/mol. The quantitative estimate of drug-likeness (QED) is 0.443. The SMILES string of the molecule is CCOC(=O)CCCCCCNS(=O)(=O)c1ccc(C(=O)O)c(Cl)c1. The van der Waals surface area contributed by atoms with Crippen molar-refractivity contribution >= 4 is 33.6 Å². The smallest absolute Gasteiger partial charge is 0.337 e. The lowest BCUT2D eigenvalue weighted by atomic mass is 10.1. The molecule has 0 aliphatic carbocycles. The van der Waals surface area contributed by atoms with E-state index in [9.17, 15) is 18.0 Å². The van der Waals surface area contributed by atoms with E-state index in [0.29, 0.717) is 25.9 Å². The molecule has 0 amide bonds. The van der Waals surface area contributed by atoms with E-state index in [2.05, 4.69) is 4.72 Å². The molecule has 2 N–H and O–H groups in total. The second kappa shape index (κ2) is 10.4. The van der Waals surface area contributed by atoms with Gasteiger partial charge in [0.1, 0.15) is 0 Å².